The predicted molar refractivity (Wildman–Crippen MR) is 70.9 cm³/mol. The van der Waals surface area contributed by atoms with E-state index in [4.69, 9.17) is 4.74 Å². The van der Waals surface area contributed by atoms with E-state index in [1.54, 1.807) is 0 Å². The predicted octanol–water partition coefficient (Wildman–Crippen LogP) is 3.18. The molecule has 0 fully saturated rings. The molecular formula is C14H8F4O4S. The minimum atomic E-state index is -4.77. The van der Waals surface area contributed by atoms with Crippen molar-refractivity contribution in [3.63, 3.8) is 0 Å². The molecule has 0 aliphatic carbocycles. The van der Waals surface area contributed by atoms with E-state index in [9.17, 15) is 30.8 Å². The van der Waals surface area contributed by atoms with E-state index in [0.717, 1.165) is 36.4 Å². The van der Waals surface area contributed by atoms with Crippen LogP contribution in [-0.2, 0) is 9.84 Å². The molecule has 0 bridgehead atoms. The summed E-state index contributed by atoms with van der Waals surface area (Å²) in [7, 11) is -4.77. The van der Waals surface area contributed by atoms with Gasteiger partial charge in [0.15, 0.2) is 11.6 Å². The average molecular weight is 348 g/mol. The maximum atomic E-state index is 13.0. The van der Waals surface area contributed by atoms with Crippen LogP contribution < -0.4 is 4.74 Å². The van der Waals surface area contributed by atoms with E-state index < -0.39 is 38.1 Å². The molecule has 2 aromatic rings. The molecule has 4 nitrogen and oxygen atoms in total. The molecular weight excluding hydrogens is 340 g/mol. The zero-order chi connectivity index (χ0) is 17.2. The Labute approximate surface area is 128 Å². The largest absolute Gasteiger partial charge is 0.423 e. The highest BCUT2D eigenvalue weighted by Gasteiger charge is 2.26. The van der Waals surface area contributed by atoms with E-state index in [1.165, 1.54) is 0 Å². The van der Waals surface area contributed by atoms with Crippen LogP contribution in [0.4, 0.5) is 17.6 Å². The number of rotatable bonds is 4. The van der Waals surface area contributed by atoms with Gasteiger partial charge in [0.1, 0.15) is 5.75 Å². The molecule has 0 aliphatic heterocycles. The average Bonchev–Trinajstić information content (AvgIpc) is 2.51. The van der Waals surface area contributed by atoms with E-state index >= 15 is 0 Å². The maximum Gasteiger partial charge on any atom is 0.343 e. The number of hydrogen-bond donors (Lipinski definition) is 0. The summed E-state index contributed by atoms with van der Waals surface area (Å²) in [5.74, 6) is -7.17. The van der Waals surface area contributed by atoms with Crippen molar-refractivity contribution < 1.29 is 35.5 Å². The number of hydrogen-bond acceptors (Lipinski definition) is 4. The number of alkyl halides is 2. The lowest BCUT2D eigenvalue weighted by atomic mass is 10.2. The monoisotopic (exact) mass is 348 g/mol. The molecule has 0 N–H and O–H groups in total. The van der Waals surface area contributed by atoms with Crippen molar-refractivity contribution in [1.29, 1.82) is 0 Å². The highest BCUT2D eigenvalue weighted by atomic mass is 32.2. The number of benzene rings is 2. The van der Waals surface area contributed by atoms with Crippen molar-refractivity contribution in [3.05, 3.63) is 59.7 Å². The first-order chi connectivity index (χ1) is 10.7. The summed E-state index contributed by atoms with van der Waals surface area (Å²) in [6, 6.07) is 6.02. The third kappa shape index (κ3) is 3.67. The summed E-state index contributed by atoms with van der Waals surface area (Å²) >= 11 is 0. The molecule has 2 aromatic carbocycles. The minimum absolute atomic E-state index is 0.150. The van der Waals surface area contributed by atoms with Crippen LogP contribution in [0.5, 0.6) is 5.75 Å². The van der Waals surface area contributed by atoms with Crippen molar-refractivity contribution in [2.24, 2.45) is 0 Å². The fraction of sp³-hybridized carbons (Fsp3) is 0.0714. The molecule has 0 aromatic heterocycles. The molecule has 9 heteroatoms. The lowest BCUT2D eigenvalue weighted by Crippen LogP contribution is -2.12. The van der Waals surface area contributed by atoms with Crippen LogP contribution in [0.2, 0.25) is 0 Å². The highest BCUT2D eigenvalue weighted by Crippen LogP contribution is 2.20. The topological polar surface area (TPSA) is 60.4 Å². The summed E-state index contributed by atoms with van der Waals surface area (Å²) in [5.41, 5.74) is -0.150. The van der Waals surface area contributed by atoms with Crippen LogP contribution >= 0.6 is 0 Å². The van der Waals surface area contributed by atoms with Gasteiger partial charge in [0, 0.05) is 6.07 Å². The second-order valence-electron chi connectivity index (χ2n) is 4.30. The molecule has 0 radical (unpaired) electrons. The lowest BCUT2D eigenvalue weighted by molar-refractivity contribution is 0.0734. The number of halogens is 4. The zero-order valence-electron chi connectivity index (χ0n) is 11.2. The Bertz CT molecular complexity index is 832. The molecule has 23 heavy (non-hydrogen) atoms. The third-order valence-electron chi connectivity index (χ3n) is 2.75. The number of ether oxygens (including phenoxy) is 1. The van der Waals surface area contributed by atoms with Gasteiger partial charge < -0.3 is 4.74 Å². The molecule has 0 amide bonds. The van der Waals surface area contributed by atoms with E-state index in [2.05, 4.69) is 0 Å². The standard InChI is InChI=1S/C14H8F4O4S/c15-11-6-3-9(7-12(11)16)22-13(19)8-1-4-10(5-2-8)23(20,21)14(17)18/h1-7,14H. The molecule has 122 valence electrons. The van der Waals surface area contributed by atoms with Gasteiger partial charge in [-0.05, 0) is 36.4 Å². The van der Waals surface area contributed by atoms with Gasteiger partial charge in [-0.2, -0.15) is 8.78 Å². The number of carbonyl (C=O) groups excluding carboxylic acids is 1. The summed E-state index contributed by atoms with van der Waals surface area (Å²) in [6.45, 7) is 0. The first-order valence-electron chi connectivity index (χ1n) is 6.01. The summed E-state index contributed by atoms with van der Waals surface area (Å²) in [6.07, 6.45) is 0. The minimum Gasteiger partial charge on any atom is -0.423 e. The molecule has 0 spiro atoms. The Kier molecular flexibility index (Phi) is 4.69. The Morgan fingerprint density at radius 1 is 0.957 bits per heavy atom. The second kappa shape index (κ2) is 6.37. The summed E-state index contributed by atoms with van der Waals surface area (Å²) in [4.78, 5) is 11.1. The van der Waals surface area contributed by atoms with E-state index in [0.29, 0.717) is 6.07 Å². The van der Waals surface area contributed by atoms with Crippen molar-refractivity contribution in [2.75, 3.05) is 0 Å². The Balaban J connectivity index is 2.19. The lowest BCUT2D eigenvalue weighted by Gasteiger charge is -2.06. The molecule has 2 rings (SSSR count). The molecule has 0 saturated heterocycles. The molecule has 0 saturated carbocycles. The maximum absolute atomic E-state index is 13.0. The fourth-order valence-electron chi connectivity index (χ4n) is 1.59. The first kappa shape index (κ1) is 16.9. The van der Waals surface area contributed by atoms with Crippen LogP contribution in [0.3, 0.4) is 0 Å². The van der Waals surface area contributed by atoms with Gasteiger partial charge in [0.2, 0.25) is 9.84 Å². The molecule has 0 heterocycles. The van der Waals surface area contributed by atoms with Crippen molar-refractivity contribution in [1.82, 2.24) is 0 Å². The van der Waals surface area contributed by atoms with Gasteiger partial charge in [-0.3, -0.25) is 0 Å². The van der Waals surface area contributed by atoms with Crippen LogP contribution in [0.1, 0.15) is 10.4 Å². The van der Waals surface area contributed by atoms with Gasteiger partial charge in [-0.1, -0.05) is 0 Å². The molecule has 0 unspecified atom stereocenters. The smallest absolute Gasteiger partial charge is 0.343 e. The van der Waals surface area contributed by atoms with Crippen molar-refractivity contribution >= 4 is 15.8 Å². The van der Waals surface area contributed by atoms with Crippen molar-refractivity contribution in [3.8, 4) is 5.75 Å². The molecule has 0 atom stereocenters. The quantitative estimate of drug-likeness (QED) is 0.484. The second-order valence-corrected chi connectivity index (χ2v) is 6.21. The first-order valence-corrected chi connectivity index (χ1v) is 7.56. The Hall–Kier alpha value is -2.42. The van der Waals surface area contributed by atoms with Gasteiger partial charge in [-0.25, -0.2) is 22.0 Å². The van der Waals surface area contributed by atoms with Crippen molar-refractivity contribution in [2.45, 2.75) is 10.7 Å². The van der Waals surface area contributed by atoms with Gasteiger partial charge in [0.05, 0.1) is 10.5 Å². The zero-order valence-corrected chi connectivity index (χ0v) is 12.0. The Morgan fingerprint density at radius 2 is 1.57 bits per heavy atom. The van der Waals surface area contributed by atoms with E-state index in [-0.39, 0.29) is 11.3 Å². The number of carbonyl (C=O) groups is 1. The summed E-state index contributed by atoms with van der Waals surface area (Å²) in [5, 5.41) is 0. The SMILES string of the molecule is O=C(Oc1ccc(F)c(F)c1)c1ccc(S(=O)(=O)C(F)F)cc1. The third-order valence-corrected chi connectivity index (χ3v) is 4.15. The normalized spacial score (nSPS) is 11.5. The number of esters is 1. The Morgan fingerprint density at radius 3 is 2.09 bits per heavy atom. The molecule has 0 aliphatic rings. The van der Waals surface area contributed by atoms with E-state index in [1.807, 2.05) is 0 Å². The van der Waals surface area contributed by atoms with Gasteiger partial charge >= 0.3 is 11.7 Å². The van der Waals surface area contributed by atoms with Gasteiger partial charge in [0.25, 0.3) is 0 Å². The highest BCUT2D eigenvalue weighted by molar-refractivity contribution is 7.91. The summed E-state index contributed by atoms with van der Waals surface area (Å²) < 4.78 is 77.7. The van der Waals surface area contributed by atoms with Crippen LogP contribution in [0.15, 0.2) is 47.4 Å². The van der Waals surface area contributed by atoms with Crippen LogP contribution in [0, 0.1) is 11.6 Å². The fourth-order valence-corrected chi connectivity index (χ4v) is 2.31. The number of sulfone groups is 1. The van der Waals surface area contributed by atoms with Crippen LogP contribution in [0.25, 0.3) is 0 Å². The van der Waals surface area contributed by atoms with Crippen LogP contribution in [-0.4, -0.2) is 20.1 Å². The van der Waals surface area contributed by atoms with Gasteiger partial charge in [-0.15, -0.1) is 0 Å².